The molecule has 2 amide bonds. The number of hydrogen-bond donors (Lipinski definition) is 1. The SMILES string of the molecule is O=C(Nc1ccccn1)c1ccc([C@@H]2CCCN2C(=O)Cn2cnnn2)s1. The second-order valence-electron chi connectivity index (χ2n) is 6.12. The van der Waals surface area contributed by atoms with Crippen LogP contribution in [0.25, 0.3) is 0 Å². The molecule has 0 saturated carbocycles. The summed E-state index contributed by atoms with van der Waals surface area (Å²) in [5.41, 5.74) is 0. The average molecular weight is 383 g/mol. The van der Waals surface area contributed by atoms with Gasteiger partial charge in [-0.15, -0.1) is 16.4 Å². The van der Waals surface area contributed by atoms with Gasteiger partial charge in [-0.25, -0.2) is 9.67 Å². The maximum Gasteiger partial charge on any atom is 0.266 e. The first-order valence-corrected chi connectivity index (χ1v) is 9.35. The molecule has 1 atom stereocenters. The summed E-state index contributed by atoms with van der Waals surface area (Å²) in [4.78, 5) is 32.6. The number of thiophene rings is 1. The van der Waals surface area contributed by atoms with Crippen molar-refractivity contribution in [2.24, 2.45) is 0 Å². The van der Waals surface area contributed by atoms with Gasteiger partial charge in [0.25, 0.3) is 5.91 Å². The fourth-order valence-corrected chi connectivity index (χ4v) is 4.16. The molecule has 4 heterocycles. The van der Waals surface area contributed by atoms with E-state index in [0.717, 1.165) is 17.7 Å². The highest BCUT2D eigenvalue weighted by Crippen LogP contribution is 2.36. The van der Waals surface area contributed by atoms with Gasteiger partial charge in [0.05, 0.1) is 10.9 Å². The second-order valence-corrected chi connectivity index (χ2v) is 7.24. The van der Waals surface area contributed by atoms with Crippen molar-refractivity contribution >= 4 is 29.0 Å². The van der Waals surface area contributed by atoms with Gasteiger partial charge in [0.15, 0.2) is 0 Å². The van der Waals surface area contributed by atoms with E-state index >= 15 is 0 Å². The van der Waals surface area contributed by atoms with Crippen molar-refractivity contribution in [1.29, 1.82) is 0 Å². The molecule has 1 aliphatic rings. The van der Waals surface area contributed by atoms with Gasteiger partial charge >= 0.3 is 0 Å². The van der Waals surface area contributed by atoms with Gasteiger partial charge in [-0.1, -0.05) is 6.07 Å². The summed E-state index contributed by atoms with van der Waals surface area (Å²) in [6.45, 7) is 0.806. The average Bonchev–Trinajstić information content (AvgIpc) is 3.43. The van der Waals surface area contributed by atoms with E-state index in [9.17, 15) is 9.59 Å². The lowest BCUT2D eigenvalue weighted by molar-refractivity contribution is -0.133. The Morgan fingerprint density at radius 2 is 2.19 bits per heavy atom. The van der Waals surface area contributed by atoms with Gasteiger partial charge in [0.2, 0.25) is 5.91 Å². The Labute approximate surface area is 159 Å². The molecule has 0 aromatic carbocycles. The maximum absolute atomic E-state index is 12.6. The third-order valence-electron chi connectivity index (χ3n) is 4.35. The number of hydrogen-bond acceptors (Lipinski definition) is 7. The number of tetrazole rings is 1. The Morgan fingerprint density at radius 3 is 2.96 bits per heavy atom. The first kappa shape index (κ1) is 17.3. The van der Waals surface area contributed by atoms with Gasteiger partial charge in [0, 0.05) is 17.6 Å². The Kier molecular flexibility index (Phi) is 4.88. The molecule has 9 nitrogen and oxygen atoms in total. The molecule has 1 N–H and O–H groups in total. The van der Waals surface area contributed by atoms with Crippen LogP contribution in [0.3, 0.4) is 0 Å². The predicted molar refractivity (Wildman–Crippen MR) is 98.0 cm³/mol. The fraction of sp³-hybridized carbons (Fsp3) is 0.294. The standard InChI is InChI=1S/C17H17N7O2S/c25-16(10-23-11-19-21-22-23)24-9-3-4-12(24)13-6-7-14(27-13)17(26)20-15-5-1-2-8-18-15/h1-2,5-8,11-12H,3-4,9-10H2,(H,18,20,26)/t12-/m0/s1. The molecular weight excluding hydrogens is 366 g/mol. The lowest BCUT2D eigenvalue weighted by Crippen LogP contribution is -2.33. The first-order valence-electron chi connectivity index (χ1n) is 8.53. The zero-order valence-electron chi connectivity index (χ0n) is 14.4. The maximum atomic E-state index is 12.6. The quantitative estimate of drug-likeness (QED) is 0.719. The summed E-state index contributed by atoms with van der Waals surface area (Å²) in [5, 5.41) is 13.6. The number of nitrogens with zero attached hydrogens (tertiary/aromatic N) is 6. The monoisotopic (exact) mass is 383 g/mol. The highest BCUT2D eigenvalue weighted by molar-refractivity contribution is 7.14. The van der Waals surface area contributed by atoms with Crippen molar-refractivity contribution in [2.75, 3.05) is 11.9 Å². The van der Waals surface area contributed by atoms with Crippen LogP contribution in [0.1, 0.15) is 33.4 Å². The van der Waals surface area contributed by atoms with E-state index in [1.54, 1.807) is 24.4 Å². The Bertz CT molecular complexity index is 926. The van der Waals surface area contributed by atoms with Crippen molar-refractivity contribution < 1.29 is 9.59 Å². The molecule has 27 heavy (non-hydrogen) atoms. The van der Waals surface area contributed by atoms with E-state index in [2.05, 4.69) is 25.8 Å². The molecule has 0 unspecified atom stereocenters. The van der Waals surface area contributed by atoms with Crippen LogP contribution in [0.5, 0.6) is 0 Å². The summed E-state index contributed by atoms with van der Waals surface area (Å²) in [5.74, 6) is 0.281. The van der Waals surface area contributed by atoms with E-state index in [1.807, 2.05) is 17.0 Å². The molecular formula is C17H17N7O2S. The number of rotatable bonds is 5. The number of aromatic nitrogens is 5. The van der Waals surface area contributed by atoms with Crippen LogP contribution in [0.15, 0.2) is 42.9 Å². The van der Waals surface area contributed by atoms with E-state index in [0.29, 0.717) is 17.2 Å². The van der Waals surface area contributed by atoms with E-state index in [-0.39, 0.29) is 24.4 Å². The third-order valence-corrected chi connectivity index (χ3v) is 5.53. The number of pyridine rings is 1. The van der Waals surface area contributed by atoms with Crippen molar-refractivity contribution in [2.45, 2.75) is 25.4 Å². The summed E-state index contributed by atoms with van der Waals surface area (Å²) in [6, 6.07) is 9.04. The fourth-order valence-electron chi connectivity index (χ4n) is 3.11. The van der Waals surface area contributed by atoms with Crippen molar-refractivity contribution in [3.05, 3.63) is 52.6 Å². The molecule has 0 radical (unpaired) electrons. The summed E-state index contributed by atoms with van der Waals surface area (Å²) >= 11 is 1.41. The van der Waals surface area contributed by atoms with Crippen LogP contribution < -0.4 is 5.32 Å². The number of carbonyl (C=O) groups excluding carboxylic acids is 2. The van der Waals surface area contributed by atoms with E-state index in [1.165, 1.54) is 22.3 Å². The van der Waals surface area contributed by atoms with Gasteiger partial charge < -0.3 is 10.2 Å². The van der Waals surface area contributed by atoms with Crippen LogP contribution in [0, 0.1) is 0 Å². The summed E-state index contributed by atoms with van der Waals surface area (Å²) in [6.07, 6.45) is 4.86. The van der Waals surface area contributed by atoms with Crippen LogP contribution in [-0.2, 0) is 11.3 Å². The Morgan fingerprint density at radius 1 is 1.26 bits per heavy atom. The normalized spacial score (nSPS) is 16.4. The molecule has 1 aliphatic heterocycles. The van der Waals surface area contributed by atoms with Gasteiger partial charge in [-0.2, -0.15) is 0 Å². The zero-order valence-corrected chi connectivity index (χ0v) is 15.2. The number of anilines is 1. The highest BCUT2D eigenvalue weighted by atomic mass is 32.1. The molecule has 0 aliphatic carbocycles. The molecule has 3 aromatic rings. The minimum absolute atomic E-state index is 0.0182. The predicted octanol–water partition coefficient (Wildman–Crippen LogP) is 1.75. The number of nitrogens with one attached hydrogen (secondary N) is 1. The third kappa shape index (κ3) is 3.85. The van der Waals surface area contributed by atoms with Crippen LogP contribution in [0.4, 0.5) is 5.82 Å². The second kappa shape index (κ2) is 7.62. The molecule has 138 valence electrons. The van der Waals surface area contributed by atoms with Gasteiger partial charge in [-0.3, -0.25) is 9.59 Å². The highest BCUT2D eigenvalue weighted by Gasteiger charge is 2.31. The Balaban J connectivity index is 1.45. The minimum atomic E-state index is -0.200. The molecule has 10 heteroatoms. The molecule has 0 spiro atoms. The largest absolute Gasteiger partial charge is 0.333 e. The zero-order chi connectivity index (χ0) is 18.6. The summed E-state index contributed by atoms with van der Waals surface area (Å²) in [7, 11) is 0. The van der Waals surface area contributed by atoms with Gasteiger partial charge in [0.1, 0.15) is 18.7 Å². The minimum Gasteiger partial charge on any atom is -0.333 e. The molecule has 1 fully saturated rings. The topological polar surface area (TPSA) is 106 Å². The van der Waals surface area contributed by atoms with Crippen LogP contribution >= 0.6 is 11.3 Å². The van der Waals surface area contributed by atoms with Crippen molar-refractivity contribution in [3.8, 4) is 0 Å². The number of carbonyl (C=O) groups is 2. The van der Waals surface area contributed by atoms with Gasteiger partial charge in [-0.05, 0) is 47.5 Å². The van der Waals surface area contributed by atoms with Crippen LogP contribution in [0.2, 0.25) is 0 Å². The smallest absolute Gasteiger partial charge is 0.266 e. The number of likely N-dealkylation sites (tertiary alicyclic amines) is 1. The summed E-state index contributed by atoms with van der Waals surface area (Å²) < 4.78 is 1.41. The van der Waals surface area contributed by atoms with E-state index < -0.39 is 0 Å². The van der Waals surface area contributed by atoms with Crippen molar-refractivity contribution in [1.82, 2.24) is 30.1 Å². The first-order chi connectivity index (χ1) is 13.2. The van der Waals surface area contributed by atoms with Crippen molar-refractivity contribution in [3.63, 3.8) is 0 Å². The molecule has 3 aromatic heterocycles. The number of amides is 2. The van der Waals surface area contributed by atoms with E-state index in [4.69, 9.17) is 0 Å². The van der Waals surface area contributed by atoms with Crippen LogP contribution in [-0.4, -0.2) is 48.5 Å². The molecule has 0 bridgehead atoms. The lowest BCUT2D eigenvalue weighted by Gasteiger charge is -2.23. The lowest BCUT2D eigenvalue weighted by atomic mass is 10.2. The Hall–Kier alpha value is -3.14. The molecule has 1 saturated heterocycles. The molecule has 4 rings (SSSR count).